The average molecular weight is 290 g/mol. The molecule has 0 aliphatic carbocycles. The molecular formula is C18H30N2O. The van der Waals surface area contributed by atoms with Crippen molar-refractivity contribution in [1.29, 1.82) is 0 Å². The molecule has 0 saturated carbocycles. The van der Waals surface area contributed by atoms with E-state index in [9.17, 15) is 4.79 Å². The third-order valence-electron chi connectivity index (χ3n) is 3.85. The lowest BCUT2D eigenvalue weighted by Crippen LogP contribution is -2.36. The first-order valence-electron chi connectivity index (χ1n) is 8.26. The molecule has 0 aliphatic rings. The van der Waals surface area contributed by atoms with Crippen molar-refractivity contribution in [2.75, 3.05) is 12.3 Å². The zero-order chi connectivity index (χ0) is 15.7. The summed E-state index contributed by atoms with van der Waals surface area (Å²) in [6, 6.07) is 7.83. The van der Waals surface area contributed by atoms with Crippen molar-refractivity contribution in [3.63, 3.8) is 0 Å². The van der Waals surface area contributed by atoms with Crippen molar-refractivity contribution in [3.05, 3.63) is 29.8 Å². The van der Waals surface area contributed by atoms with Gasteiger partial charge in [-0.1, -0.05) is 51.8 Å². The first-order valence-corrected chi connectivity index (χ1v) is 8.26. The van der Waals surface area contributed by atoms with Gasteiger partial charge in [0.25, 0.3) is 0 Å². The topological polar surface area (TPSA) is 46.3 Å². The molecule has 0 unspecified atom stereocenters. The number of nitrogens with zero attached hydrogens (tertiary/aromatic N) is 1. The van der Waals surface area contributed by atoms with Crippen LogP contribution in [0.2, 0.25) is 0 Å². The van der Waals surface area contributed by atoms with Gasteiger partial charge in [-0.15, -0.1) is 0 Å². The zero-order valence-electron chi connectivity index (χ0n) is 13.8. The van der Waals surface area contributed by atoms with Crippen LogP contribution in [0.4, 0.5) is 5.69 Å². The standard InChI is InChI=1S/C18H30N2O/c1-4-9-15(10-5-2)18(21)20(13-6-3)14-16-11-7-8-12-17(16)19/h7-8,11-12,15H,4-6,9-10,13-14,19H2,1-3H3. The Labute approximate surface area is 129 Å². The summed E-state index contributed by atoms with van der Waals surface area (Å²) in [6.07, 6.45) is 5.06. The summed E-state index contributed by atoms with van der Waals surface area (Å²) in [5, 5.41) is 0. The lowest BCUT2D eigenvalue weighted by molar-refractivity contribution is -0.136. The number of para-hydroxylation sites is 1. The fraction of sp³-hybridized carbons (Fsp3) is 0.611. The van der Waals surface area contributed by atoms with E-state index < -0.39 is 0 Å². The van der Waals surface area contributed by atoms with Gasteiger partial charge in [-0.05, 0) is 30.9 Å². The van der Waals surface area contributed by atoms with Crippen LogP contribution >= 0.6 is 0 Å². The Morgan fingerprint density at radius 1 is 1.10 bits per heavy atom. The Morgan fingerprint density at radius 3 is 2.24 bits per heavy atom. The second kappa shape index (κ2) is 9.43. The van der Waals surface area contributed by atoms with Gasteiger partial charge in [-0.3, -0.25) is 4.79 Å². The molecule has 0 saturated heterocycles. The van der Waals surface area contributed by atoms with Crippen LogP contribution < -0.4 is 5.73 Å². The van der Waals surface area contributed by atoms with Crippen molar-refractivity contribution in [1.82, 2.24) is 4.90 Å². The van der Waals surface area contributed by atoms with Gasteiger partial charge in [0.2, 0.25) is 5.91 Å². The molecule has 0 aromatic heterocycles. The number of rotatable bonds is 9. The molecule has 3 heteroatoms. The highest BCUT2D eigenvalue weighted by atomic mass is 16.2. The second-order valence-corrected chi connectivity index (χ2v) is 5.73. The number of carbonyl (C=O) groups excluding carboxylic acids is 1. The van der Waals surface area contributed by atoms with Crippen LogP contribution in [0, 0.1) is 5.92 Å². The molecule has 1 amide bonds. The molecule has 1 aromatic carbocycles. The Balaban J connectivity index is 2.84. The van der Waals surface area contributed by atoms with E-state index >= 15 is 0 Å². The van der Waals surface area contributed by atoms with E-state index in [1.54, 1.807) is 0 Å². The van der Waals surface area contributed by atoms with Gasteiger partial charge in [0.15, 0.2) is 0 Å². The average Bonchev–Trinajstić information content (AvgIpc) is 2.48. The van der Waals surface area contributed by atoms with Crippen LogP contribution in [0.25, 0.3) is 0 Å². The van der Waals surface area contributed by atoms with Crippen molar-refractivity contribution in [3.8, 4) is 0 Å². The summed E-state index contributed by atoms with van der Waals surface area (Å²) < 4.78 is 0. The molecule has 0 radical (unpaired) electrons. The van der Waals surface area contributed by atoms with Crippen molar-refractivity contribution in [2.24, 2.45) is 5.92 Å². The predicted octanol–water partition coefficient (Wildman–Crippen LogP) is 4.22. The number of hydrogen-bond acceptors (Lipinski definition) is 2. The fourth-order valence-electron chi connectivity index (χ4n) is 2.77. The highest BCUT2D eigenvalue weighted by Crippen LogP contribution is 2.20. The predicted molar refractivity (Wildman–Crippen MR) is 89.9 cm³/mol. The third kappa shape index (κ3) is 5.41. The first-order chi connectivity index (χ1) is 10.1. The minimum Gasteiger partial charge on any atom is -0.398 e. The number of nitrogen functional groups attached to an aromatic ring is 1. The molecule has 0 fully saturated rings. The monoisotopic (exact) mass is 290 g/mol. The maximum absolute atomic E-state index is 12.8. The minimum absolute atomic E-state index is 0.163. The molecule has 0 atom stereocenters. The van der Waals surface area contributed by atoms with Gasteiger partial charge < -0.3 is 10.6 Å². The minimum atomic E-state index is 0.163. The van der Waals surface area contributed by atoms with E-state index in [0.717, 1.165) is 49.9 Å². The lowest BCUT2D eigenvalue weighted by Gasteiger charge is -2.27. The molecule has 0 heterocycles. The van der Waals surface area contributed by atoms with Crippen LogP contribution in [0.5, 0.6) is 0 Å². The molecule has 21 heavy (non-hydrogen) atoms. The molecule has 1 rings (SSSR count). The highest BCUT2D eigenvalue weighted by molar-refractivity contribution is 5.79. The quantitative estimate of drug-likeness (QED) is 0.692. The second-order valence-electron chi connectivity index (χ2n) is 5.73. The molecule has 3 nitrogen and oxygen atoms in total. The Kier molecular flexibility index (Phi) is 7.88. The molecule has 2 N–H and O–H groups in total. The van der Waals surface area contributed by atoms with Gasteiger partial charge in [0.05, 0.1) is 0 Å². The first kappa shape index (κ1) is 17.5. The fourth-order valence-corrected chi connectivity index (χ4v) is 2.77. The summed E-state index contributed by atoms with van der Waals surface area (Å²) in [5.74, 6) is 0.459. The molecule has 0 spiro atoms. The van der Waals surface area contributed by atoms with Gasteiger partial charge in [-0.25, -0.2) is 0 Å². The van der Waals surface area contributed by atoms with Gasteiger partial charge in [0, 0.05) is 24.7 Å². The molecule has 0 aliphatic heterocycles. The molecular weight excluding hydrogens is 260 g/mol. The molecule has 118 valence electrons. The molecule has 0 bridgehead atoms. The number of benzene rings is 1. The Bertz CT molecular complexity index is 425. The maximum Gasteiger partial charge on any atom is 0.225 e. The summed E-state index contributed by atoms with van der Waals surface area (Å²) in [5.41, 5.74) is 7.84. The normalized spacial score (nSPS) is 10.9. The van der Waals surface area contributed by atoms with E-state index in [1.807, 2.05) is 29.2 Å². The lowest BCUT2D eigenvalue weighted by atomic mass is 9.96. The summed E-state index contributed by atoms with van der Waals surface area (Å²) in [4.78, 5) is 14.8. The van der Waals surface area contributed by atoms with Crippen molar-refractivity contribution in [2.45, 2.75) is 59.4 Å². The SMILES string of the molecule is CCCC(CCC)C(=O)N(CCC)Cc1ccccc1N. The third-order valence-corrected chi connectivity index (χ3v) is 3.85. The van der Waals surface area contributed by atoms with Crippen LogP contribution in [0.1, 0.15) is 58.4 Å². The number of carbonyl (C=O) groups is 1. The summed E-state index contributed by atoms with van der Waals surface area (Å²) >= 11 is 0. The Hall–Kier alpha value is -1.51. The van der Waals surface area contributed by atoms with E-state index in [1.165, 1.54) is 0 Å². The van der Waals surface area contributed by atoms with Gasteiger partial charge in [-0.2, -0.15) is 0 Å². The van der Waals surface area contributed by atoms with E-state index in [0.29, 0.717) is 12.5 Å². The maximum atomic E-state index is 12.8. The molecule has 1 aromatic rings. The number of amides is 1. The number of anilines is 1. The largest absolute Gasteiger partial charge is 0.398 e. The summed E-state index contributed by atoms with van der Waals surface area (Å²) in [7, 11) is 0. The van der Waals surface area contributed by atoms with Crippen LogP contribution in [0.3, 0.4) is 0 Å². The smallest absolute Gasteiger partial charge is 0.225 e. The van der Waals surface area contributed by atoms with Crippen LogP contribution in [-0.2, 0) is 11.3 Å². The van der Waals surface area contributed by atoms with Gasteiger partial charge >= 0.3 is 0 Å². The van der Waals surface area contributed by atoms with Crippen LogP contribution in [0.15, 0.2) is 24.3 Å². The number of nitrogens with two attached hydrogens (primary N) is 1. The van der Waals surface area contributed by atoms with Crippen molar-refractivity contribution >= 4 is 11.6 Å². The number of hydrogen-bond donors (Lipinski definition) is 1. The van der Waals surface area contributed by atoms with Crippen molar-refractivity contribution < 1.29 is 4.79 Å². The Morgan fingerprint density at radius 2 is 1.71 bits per heavy atom. The highest BCUT2D eigenvalue weighted by Gasteiger charge is 2.23. The van der Waals surface area contributed by atoms with Gasteiger partial charge in [0.1, 0.15) is 0 Å². The van der Waals surface area contributed by atoms with E-state index in [-0.39, 0.29) is 5.92 Å². The van der Waals surface area contributed by atoms with E-state index in [2.05, 4.69) is 20.8 Å². The zero-order valence-corrected chi connectivity index (χ0v) is 13.8. The van der Waals surface area contributed by atoms with E-state index in [4.69, 9.17) is 5.73 Å². The van der Waals surface area contributed by atoms with Crippen LogP contribution in [-0.4, -0.2) is 17.4 Å². The summed E-state index contributed by atoms with van der Waals surface area (Å²) in [6.45, 7) is 7.84.